The Morgan fingerprint density at radius 1 is 1.09 bits per heavy atom. The van der Waals surface area contributed by atoms with Gasteiger partial charge in [-0.15, -0.1) is 0 Å². The van der Waals surface area contributed by atoms with E-state index < -0.39 is 0 Å². The predicted octanol–water partition coefficient (Wildman–Crippen LogP) is 6.04. The van der Waals surface area contributed by atoms with Gasteiger partial charge in [0.15, 0.2) is 0 Å². The summed E-state index contributed by atoms with van der Waals surface area (Å²) in [6.07, 6.45) is 8.67. The molecule has 5 nitrogen and oxygen atoms in total. The summed E-state index contributed by atoms with van der Waals surface area (Å²) < 4.78 is 0. The second kappa shape index (κ2) is 10.8. The van der Waals surface area contributed by atoms with Crippen molar-refractivity contribution in [2.24, 2.45) is 11.7 Å². The number of rotatable bonds is 8. The number of carbonyl (C=O) groups excluding carboxylic acids is 2. The summed E-state index contributed by atoms with van der Waals surface area (Å²) in [5.74, 6) is -0.217. The molecular formula is C28H30ClN3O2. The van der Waals surface area contributed by atoms with Crippen LogP contribution in [0, 0.1) is 12.8 Å². The van der Waals surface area contributed by atoms with Gasteiger partial charge in [0.25, 0.3) is 0 Å². The smallest absolute Gasteiger partial charge is 0.232 e. The summed E-state index contributed by atoms with van der Waals surface area (Å²) in [7, 11) is 0. The molecule has 1 aromatic heterocycles. The number of halogens is 1. The molecule has 1 aliphatic carbocycles. The van der Waals surface area contributed by atoms with Crippen LogP contribution < -0.4 is 11.1 Å². The lowest BCUT2D eigenvalue weighted by atomic mass is 9.83. The van der Waals surface area contributed by atoms with Gasteiger partial charge in [0.05, 0.1) is 10.9 Å². The fraction of sp³-hybridized carbons (Fsp3) is 0.321. The van der Waals surface area contributed by atoms with Gasteiger partial charge in [0.1, 0.15) is 0 Å². The fourth-order valence-electron chi connectivity index (χ4n) is 4.94. The highest BCUT2D eigenvalue weighted by Gasteiger charge is 2.32. The molecule has 2 amide bonds. The van der Waals surface area contributed by atoms with Gasteiger partial charge in [-0.1, -0.05) is 60.8 Å². The Hall–Kier alpha value is -3.18. The van der Waals surface area contributed by atoms with Gasteiger partial charge in [-0.05, 0) is 66.5 Å². The summed E-state index contributed by atoms with van der Waals surface area (Å²) in [5, 5.41) is 3.78. The number of pyridine rings is 1. The number of hydrogen-bond donors (Lipinski definition) is 2. The van der Waals surface area contributed by atoms with Gasteiger partial charge >= 0.3 is 0 Å². The van der Waals surface area contributed by atoms with Crippen LogP contribution in [-0.2, 0) is 16.0 Å². The van der Waals surface area contributed by atoms with E-state index in [4.69, 9.17) is 17.3 Å². The largest absolute Gasteiger partial charge is 0.370 e. The number of primary amides is 1. The van der Waals surface area contributed by atoms with Gasteiger partial charge in [0, 0.05) is 30.1 Å². The van der Waals surface area contributed by atoms with E-state index in [2.05, 4.69) is 22.4 Å². The predicted molar refractivity (Wildman–Crippen MR) is 137 cm³/mol. The number of aryl methyl sites for hydroxylation is 1. The molecule has 1 fully saturated rings. The highest BCUT2D eigenvalue weighted by atomic mass is 35.5. The average molecular weight is 476 g/mol. The number of aromatic nitrogens is 1. The normalized spacial score (nSPS) is 14.6. The quantitative estimate of drug-likeness (QED) is 0.416. The highest BCUT2D eigenvalue weighted by Crippen LogP contribution is 2.39. The lowest BCUT2D eigenvalue weighted by Gasteiger charge is -2.24. The van der Waals surface area contributed by atoms with Crippen LogP contribution in [0.25, 0.3) is 11.1 Å². The number of anilines is 1. The molecule has 0 aliphatic heterocycles. The molecule has 0 bridgehead atoms. The third-order valence-electron chi connectivity index (χ3n) is 6.81. The van der Waals surface area contributed by atoms with E-state index in [0.717, 1.165) is 59.2 Å². The maximum atomic E-state index is 13.6. The summed E-state index contributed by atoms with van der Waals surface area (Å²) in [6, 6.07) is 15.9. The van der Waals surface area contributed by atoms with E-state index >= 15 is 0 Å². The first-order valence-corrected chi connectivity index (χ1v) is 12.2. The molecule has 176 valence electrons. The number of carbonyl (C=O) groups is 2. The average Bonchev–Trinajstić information content (AvgIpc) is 3.34. The molecule has 3 aromatic rings. The van der Waals surface area contributed by atoms with Crippen LogP contribution in [0.5, 0.6) is 0 Å². The summed E-state index contributed by atoms with van der Waals surface area (Å²) in [4.78, 5) is 29.0. The molecule has 1 unspecified atom stereocenters. The van der Waals surface area contributed by atoms with Crippen LogP contribution in [0.1, 0.15) is 54.7 Å². The summed E-state index contributed by atoms with van der Waals surface area (Å²) in [5.41, 5.74) is 11.1. The second-order valence-electron chi connectivity index (χ2n) is 9.08. The Kier molecular flexibility index (Phi) is 7.63. The molecule has 2 aromatic carbocycles. The van der Waals surface area contributed by atoms with Crippen molar-refractivity contribution in [1.29, 1.82) is 0 Å². The molecular weight excluding hydrogens is 446 g/mol. The number of hydrogen-bond acceptors (Lipinski definition) is 3. The molecule has 1 heterocycles. The van der Waals surface area contributed by atoms with Crippen molar-refractivity contribution in [2.75, 3.05) is 5.32 Å². The van der Waals surface area contributed by atoms with Crippen LogP contribution >= 0.6 is 11.6 Å². The first-order valence-electron chi connectivity index (χ1n) is 11.8. The van der Waals surface area contributed by atoms with Crippen molar-refractivity contribution in [3.63, 3.8) is 0 Å². The zero-order chi connectivity index (χ0) is 24.1. The van der Waals surface area contributed by atoms with Crippen molar-refractivity contribution in [1.82, 2.24) is 4.98 Å². The van der Waals surface area contributed by atoms with Crippen LogP contribution in [-0.4, -0.2) is 16.8 Å². The third-order valence-corrected chi connectivity index (χ3v) is 7.01. The van der Waals surface area contributed by atoms with Gasteiger partial charge in [-0.2, -0.15) is 0 Å². The Morgan fingerprint density at radius 3 is 2.50 bits per heavy atom. The lowest BCUT2D eigenvalue weighted by Crippen LogP contribution is -2.27. The monoisotopic (exact) mass is 475 g/mol. The Bertz CT molecular complexity index is 1170. The minimum atomic E-state index is -0.327. The standard InChI is InChI=1S/C28H30ClN3O2/c1-18-19(13-14-26(30)33)7-4-8-25(18)32-28(34)27(21-5-2-3-6-21)22-11-9-20(10-12-22)23-15-24(29)17-31-16-23/h4,7-12,15-17,21,27H,2-3,5-6,13-14H2,1H3,(H2,30,33)(H,32,34). The number of nitrogens with one attached hydrogen (secondary N) is 1. The zero-order valence-electron chi connectivity index (χ0n) is 19.4. The van der Waals surface area contributed by atoms with Gasteiger partial charge in [-0.3, -0.25) is 14.6 Å². The number of amides is 2. The van der Waals surface area contributed by atoms with Gasteiger partial charge in [0.2, 0.25) is 11.8 Å². The molecule has 0 spiro atoms. The molecule has 0 radical (unpaired) electrons. The van der Waals surface area contributed by atoms with Crippen LogP contribution in [0.15, 0.2) is 60.9 Å². The topological polar surface area (TPSA) is 85.1 Å². The van der Waals surface area contributed by atoms with E-state index in [0.29, 0.717) is 17.4 Å². The van der Waals surface area contributed by atoms with Crippen molar-refractivity contribution >= 4 is 29.1 Å². The first-order chi connectivity index (χ1) is 16.4. The zero-order valence-corrected chi connectivity index (χ0v) is 20.1. The molecule has 0 saturated heterocycles. The van der Waals surface area contributed by atoms with E-state index in [1.54, 1.807) is 12.4 Å². The molecule has 1 atom stereocenters. The SMILES string of the molecule is Cc1c(CCC(N)=O)cccc1NC(=O)C(c1ccc(-c2cncc(Cl)c2)cc1)C1CCCC1. The molecule has 4 rings (SSSR count). The van der Waals surface area contributed by atoms with Crippen LogP contribution in [0.3, 0.4) is 0 Å². The van der Waals surface area contributed by atoms with Crippen molar-refractivity contribution < 1.29 is 9.59 Å². The maximum Gasteiger partial charge on any atom is 0.232 e. The molecule has 1 aliphatic rings. The van der Waals surface area contributed by atoms with Crippen molar-refractivity contribution in [2.45, 2.75) is 51.4 Å². The van der Waals surface area contributed by atoms with E-state index in [1.165, 1.54) is 0 Å². The number of benzene rings is 2. The maximum absolute atomic E-state index is 13.6. The van der Waals surface area contributed by atoms with Crippen LogP contribution in [0.4, 0.5) is 5.69 Å². The highest BCUT2D eigenvalue weighted by molar-refractivity contribution is 6.30. The van der Waals surface area contributed by atoms with E-state index in [-0.39, 0.29) is 24.2 Å². The molecule has 1 saturated carbocycles. The lowest BCUT2D eigenvalue weighted by molar-refractivity contribution is -0.119. The number of nitrogens with two attached hydrogens (primary N) is 1. The summed E-state index contributed by atoms with van der Waals surface area (Å²) in [6.45, 7) is 1.98. The first kappa shape index (κ1) is 24.0. The third kappa shape index (κ3) is 5.65. The van der Waals surface area contributed by atoms with Crippen LogP contribution in [0.2, 0.25) is 5.02 Å². The minimum absolute atomic E-state index is 0.0132. The van der Waals surface area contributed by atoms with E-state index in [9.17, 15) is 9.59 Å². The second-order valence-corrected chi connectivity index (χ2v) is 9.52. The Balaban J connectivity index is 1.58. The van der Waals surface area contributed by atoms with Crippen molar-refractivity contribution in [3.05, 3.63) is 82.6 Å². The molecule has 3 N–H and O–H groups in total. The Morgan fingerprint density at radius 2 is 1.82 bits per heavy atom. The Labute approximate surface area is 205 Å². The van der Waals surface area contributed by atoms with Gasteiger partial charge in [-0.25, -0.2) is 0 Å². The molecule has 6 heteroatoms. The summed E-state index contributed by atoms with van der Waals surface area (Å²) >= 11 is 6.10. The fourth-order valence-corrected chi connectivity index (χ4v) is 5.11. The van der Waals surface area contributed by atoms with E-state index in [1.807, 2.05) is 43.3 Å². The minimum Gasteiger partial charge on any atom is -0.370 e. The molecule has 34 heavy (non-hydrogen) atoms. The van der Waals surface area contributed by atoms with Gasteiger partial charge < -0.3 is 11.1 Å². The number of nitrogens with zero attached hydrogens (tertiary/aromatic N) is 1. The van der Waals surface area contributed by atoms with Crippen molar-refractivity contribution in [3.8, 4) is 11.1 Å².